The third-order valence-corrected chi connectivity index (χ3v) is 7.06. The number of benzene rings is 1. The van der Waals surface area contributed by atoms with E-state index in [1.165, 1.54) is 22.6 Å². The molecule has 44 heavy (non-hydrogen) atoms. The third-order valence-electron chi connectivity index (χ3n) is 7.06. The highest BCUT2D eigenvalue weighted by molar-refractivity contribution is 5.98. The van der Waals surface area contributed by atoms with Crippen LogP contribution in [0.2, 0.25) is 0 Å². The van der Waals surface area contributed by atoms with Crippen molar-refractivity contribution in [2.75, 3.05) is 33.0 Å². The van der Waals surface area contributed by atoms with Gasteiger partial charge in [0.25, 0.3) is 11.5 Å². The second-order valence-electron chi connectivity index (χ2n) is 9.95. The number of ether oxygens (including phenoxy) is 5. The largest absolute Gasteiger partial charge is 0.490 e. The second-order valence-corrected chi connectivity index (χ2v) is 9.95. The van der Waals surface area contributed by atoms with E-state index >= 15 is 0 Å². The average molecular weight is 605 g/mol. The fraction of sp³-hybridized carbons (Fsp3) is 0.406. The van der Waals surface area contributed by atoms with Gasteiger partial charge in [0, 0.05) is 18.4 Å². The quantitative estimate of drug-likeness (QED) is 0.184. The first-order valence-corrected chi connectivity index (χ1v) is 14.9. The van der Waals surface area contributed by atoms with Crippen LogP contribution in [-0.4, -0.2) is 65.0 Å². The lowest BCUT2D eigenvalue weighted by Gasteiger charge is -2.18. The summed E-state index contributed by atoms with van der Waals surface area (Å²) in [4.78, 5) is 50.2. The minimum atomic E-state index is -0.726. The maximum absolute atomic E-state index is 13.9. The number of aromatic nitrogens is 3. The van der Waals surface area contributed by atoms with Crippen molar-refractivity contribution in [3.63, 3.8) is 0 Å². The van der Waals surface area contributed by atoms with Gasteiger partial charge in [-0.15, -0.1) is 0 Å². The van der Waals surface area contributed by atoms with Crippen LogP contribution < -0.4 is 25.3 Å². The van der Waals surface area contributed by atoms with Gasteiger partial charge >= 0.3 is 5.97 Å². The molecule has 0 bridgehead atoms. The van der Waals surface area contributed by atoms with Crippen molar-refractivity contribution >= 4 is 28.6 Å². The molecule has 0 aliphatic carbocycles. The number of carbonyl (C=O) groups excluding carboxylic acids is 2. The monoisotopic (exact) mass is 604 g/mol. The molecule has 232 valence electrons. The van der Waals surface area contributed by atoms with Gasteiger partial charge in [-0.3, -0.25) is 14.0 Å². The molecule has 0 saturated carbocycles. The number of hydrogen-bond donors (Lipinski definition) is 0. The Hall–Kier alpha value is -4.71. The molecule has 0 radical (unpaired) electrons. The molecule has 12 heteroatoms. The summed E-state index contributed by atoms with van der Waals surface area (Å²) in [7, 11) is 0. The maximum atomic E-state index is 13.9. The number of hydrogen-bond acceptors (Lipinski definition) is 9. The minimum Gasteiger partial charge on any atom is -0.490 e. The number of rotatable bonds is 11. The Morgan fingerprint density at radius 3 is 2.36 bits per heavy atom. The lowest BCUT2D eigenvalue weighted by molar-refractivity contribution is 0.0521. The number of esters is 1. The molecule has 1 fully saturated rings. The van der Waals surface area contributed by atoms with Gasteiger partial charge in [0.2, 0.25) is 5.75 Å². The standard InChI is InChI=1S/C32H36N4O8/c1-5-40-24-16-20(17-25(41-6-2)27(24)42-7-3)30(37)34-29-23(32(39)43-8-4)18-22-28(36(29)19-21-12-11-15-44-21)33-26-13-9-10-14-35(26)31(22)38/h9-10,13-14,16-18,21H,5-8,11-12,15,19H2,1-4H3/t21-/m1/s1. The van der Waals surface area contributed by atoms with Gasteiger partial charge in [0.05, 0.1) is 44.5 Å². The highest BCUT2D eigenvalue weighted by Crippen LogP contribution is 2.39. The summed E-state index contributed by atoms with van der Waals surface area (Å²) in [6.45, 7) is 9.06. The van der Waals surface area contributed by atoms with Crippen LogP contribution in [-0.2, 0) is 16.0 Å². The number of fused-ring (bicyclic) bond motifs is 2. The van der Waals surface area contributed by atoms with Gasteiger partial charge in [0.1, 0.15) is 16.9 Å². The molecule has 1 atom stereocenters. The van der Waals surface area contributed by atoms with Crippen LogP contribution in [0.1, 0.15) is 61.3 Å². The zero-order valence-corrected chi connectivity index (χ0v) is 25.3. The van der Waals surface area contributed by atoms with Gasteiger partial charge in [-0.25, -0.2) is 9.78 Å². The first-order chi connectivity index (χ1) is 21.4. The molecule has 4 aromatic rings. The molecule has 0 spiro atoms. The second kappa shape index (κ2) is 13.7. The Balaban J connectivity index is 1.81. The van der Waals surface area contributed by atoms with E-state index in [-0.39, 0.29) is 52.5 Å². The van der Waals surface area contributed by atoms with Crippen molar-refractivity contribution in [1.82, 2.24) is 14.0 Å². The number of nitrogens with zero attached hydrogens (tertiary/aromatic N) is 4. The van der Waals surface area contributed by atoms with E-state index in [0.717, 1.165) is 12.8 Å². The fourth-order valence-electron chi connectivity index (χ4n) is 5.20. The van der Waals surface area contributed by atoms with Gasteiger partial charge in [-0.05, 0) is 70.9 Å². The van der Waals surface area contributed by atoms with Crippen LogP contribution in [0.5, 0.6) is 17.2 Å². The highest BCUT2D eigenvalue weighted by atomic mass is 16.5. The molecule has 1 aliphatic heterocycles. The fourth-order valence-corrected chi connectivity index (χ4v) is 5.20. The zero-order chi connectivity index (χ0) is 31.2. The lowest BCUT2D eigenvalue weighted by atomic mass is 10.1. The Kier molecular flexibility index (Phi) is 9.59. The van der Waals surface area contributed by atoms with E-state index in [9.17, 15) is 14.4 Å². The molecular formula is C32H36N4O8. The third kappa shape index (κ3) is 6.16. The normalized spacial score (nSPS) is 15.1. The summed E-state index contributed by atoms with van der Waals surface area (Å²) in [6.07, 6.45) is 2.99. The van der Waals surface area contributed by atoms with E-state index in [1.54, 1.807) is 35.9 Å². The van der Waals surface area contributed by atoms with E-state index in [0.29, 0.717) is 49.3 Å². The number of amides is 1. The summed E-state index contributed by atoms with van der Waals surface area (Å²) < 4.78 is 31.7. The number of carbonyl (C=O) groups is 2. The van der Waals surface area contributed by atoms with Gasteiger partial charge < -0.3 is 28.3 Å². The summed E-state index contributed by atoms with van der Waals surface area (Å²) in [6, 6.07) is 9.68. The Labute approximate surface area is 253 Å². The molecular weight excluding hydrogens is 568 g/mol. The van der Waals surface area contributed by atoms with Crippen LogP contribution >= 0.6 is 0 Å². The summed E-state index contributed by atoms with van der Waals surface area (Å²) >= 11 is 0. The van der Waals surface area contributed by atoms with Crippen molar-refractivity contribution in [2.24, 2.45) is 4.99 Å². The van der Waals surface area contributed by atoms with Crippen LogP contribution in [0, 0.1) is 0 Å². The van der Waals surface area contributed by atoms with Gasteiger partial charge in [-0.1, -0.05) is 6.07 Å². The van der Waals surface area contributed by atoms with Gasteiger partial charge in [0.15, 0.2) is 17.0 Å². The Bertz CT molecular complexity index is 1790. The number of pyridine rings is 2. The molecule has 0 unspecified atom stereocenters. The SMILES string of the molecule is CCOC(=O)c1cc2c(=O)n3ccccc3nc2n(C[C@H]2CCCO2)c1=NC(=O)c1cc(OCC)c(OCC)c(OCC)c1. The van der Waals surface area contributed by atoms with Crippen molar-refractivity contribution in [3.8, 4) is 17.2 Å². The molecule has 5 rings (SSSR count). The zero-order valence-electron chi connectivity index (χ0n) is 25.3. The molecule has 0 N–H and O–H groups in total. The van der Waals surface area contributed by atoms with E-state index in [2.05, 4.69) is 4.99 Å². The summed E-state index contributed by atoms with van der Waals surface area (Å²) in [5.74, 6) is -0.349. The van der Waals surface area contributed by atoms with Crippen molar-refractivity contribution in [3.05, 3.63) is 69.6 Å². The predicted octanol–water partition coefficient (Wildman–Crippen LogP) is 3.94. The minimum absolute atomic E-state index is 0.00781. The van der Waals surface area contributed by atoms with Crippen LogP contribution in [0.15, 0.2) is 52.4 Å². The Morgan fingerprint density at radius 1 is 1.00 bits per heavy atom. The molecule has 12 nitrogen and oxygen atoms in total. The van der Waals surface area contributed by atoms with E-state index in [4.69, 9.17) is 28.7 Å². The first kappa shape index (κ1) is 30.7. The van der Waals surface area contributed by atoms with Crippen molar-refractivity contribution in [2.45, 2.75) is 53.2 Å². The predicted molar refractivity (Wildman–Crippen MR) is 162 cm³/mol. The van der Waals surface area contributed by atoms with Crippen LogP contribution in [0.25, 0.3) is 16.7 Å². The highest BCUT2D eigenvalue weighted by Gasteiger charge is 2.25. The molecule has 1 aromatic carbocycles. The Morgan fingerprint density at radius 2 is 1.73 bits per heavy atom. The lowest BCUT2D eigenvalue weighted by Crippen LogP contribution is -2.35. The van der Waals surface area contributed by atoms with E-state index < -0.39 is 11.9 Å². The average Bonchev–Trinajstić information content (AvgIpc) is 3.53. The smallest absolute Gasteiger partial charge is 0.341 e. The molecule has 1 amide bonds. The molecule has 1 aliphatic rings. The maximum Gasteiger partial charge on any atom is 0.341 e. The molecule has 1 saturated heterocycles. The van der Waals surface area contributed by atoms with Gasteiger partial charge in [-0.2, -0.15) is 4.99 Å². The van der Waals surface area contributed by atoms with Crippen molar-refractivity contribution < 1.29 is 33.3 Å². The van der Waals surface area contributed by atoms with Crippen LogP contribution in [0.3, 0.4) is 0 Å². The van der Waals surface area contributed by atoms with Crippen LogP contribution in [0.4, 0.5) is 0 Å². The van der Waals surface area contributed by atoms with E-state index in [1.807, 2.05) is 20.8 Å². The molecule has 3 aromatic heterocycles. The molecule has 4 heterocycles. The summed E-state index contributed by atoms with van der Waals surface area (Å²) in [5, 5.41) is 0.180. The van der Waals surface area contributed by atoms with Crippen molar-refractivity contribution in [1.29, 1.82) is 0 Å². The summed E-state index contributed by atoms with van der Waals surface area (Å²) in [5.41, 5.74) is 0.430. The topological polar surface area (TPSA) is 132 Å². The first-order valence-electron chi connectivity index (χ1n) is 14.9.